The van der Waals surface area contributed by atoms with E-state index in [0.29, 0.717) is 24.3 Å². The van der Waals surface area contributed by atoms with E-state index >= 15 is 0 Å². The van der Waals surface area contributed by atoms with Gasteiger partial charge in [0.1, 0.15) is 11.9 Å². The van der Waals surface area contributed by atoms with Gasteiger partial charge in [0.2, 0.25) is 0 Å². The molecule has 3 heteroatoms. The lowest BCUT2D eigenvalue weighted by Gasteiger charge is -2.23. The average Bonchev–Trinajstić information content (AvgIpc) is 2.18. The number of para-hydroxylation sites is 1. The summed E-state index contributed by atoms with van der Waals surface area (Å²) in [6.07, 6.45) is 0.246. The fraction of sp³-hybridized carbons (Fsp3) is 0.300. The Labute approximate surface area is 76.5 Å². The van der Waals surface area contributed by atoms with Crippen molar-refractivity contribution in [2.75, 3.05) is 6.54 Å². The fourth-order valence-electron chi connectivity index (χ4n) is 1.47. The van der Waals surface area contributed by atoms with Gasteiger partial charge in [-0.25, -0.2) is 0 Å². The number of hydrogen-bond donors (Lipinski definition) is 1. The standard InChI is InChI=1S/C10H11NO2/c11-6-7-5-9(12)8-3-1-2-4-10(8)13-7/h1-4,7H,5-6,11H2/t7-/m1/s1. The van der Waals surface area contributed by atoms with Crippen LogP contribution in [0.1, 0.15) is 16.8 Å². The summed E-state index contributed by atoms with van der Waals surface area (Å²) in [5, 5.41) is 0. The van der Waals surface area contributed by atoms with Crippen LogP contribution in [0.3, 0.4) is 0 Å². The van der Waals surface area contributed by atoms with Crippen molar-refractivity contribution in [2.24, 2.45) is 5.73 Å². The van der Waals surface area contributed by atoms with Gasteiger partial charge < -0.3 is 10.5 Å². The lowest BCUT2D eigenvalue weighted by Crippen LogP contribution is -2.33. The van der Waals surface area contributed by atoms with Gasteiger partial charge >= 0.3 is 0 Å². The molecule has 0 amide bonds. The normalized spacial score (nSPS) is 20.7. The molecule has 0 aliphatic carbocycles. The summed E-state index contributed by atoms with van der Waals surface area (Å²) in [5.74, 6) is 0.784. The van der Waals surface area contributed by atoms with E-state index < -0.39 is 0 Å². The minimum Gasteiger partial charge on any atom is -0.488 e. The van der Waals surface area contributed by atoms with Crippen molar-refractivity contribution in [2.45, 2.75) is 12.5 Å². The van der Waals surface area contributed by atoms with Crippen molar-refractivity contribution in [1.29, 1.82) is 0 Å². The molecule has 0 bridgehead atoms. The Morgan fingerprint density at radius 2 is 2.23 bits per heavy atom. The number of fused-ring (bicyclic) bond motifs is 1. The van der Waals surface area contributed by atoms with Crippen molar-refractivity contribution in [1.82, 2.24) is 0 Å². The third-order valence-corrected chi connectivity index (χ3v) is 2.16. The van der Waals surface area contributed by atoms with Gasteiger partial charge in [0.05, 0.1) is 5.56 Å². The van der Waals surface area contributed by atoms with E-state index in [2.05, 4.69) is 0 Å². The van der Waals surface area contributed by atoms with Crippen LogP contribution in [0.2, 0.25) is 0 Å². The monoisotopic (exact) mass is 177 g/mol. The first kappa shape index (κ1) is 8.26. The highest BCUT2D eigenvalue weighted by Gasteiger charge is 2.24. The Morgan fingerprint density at radius 1 is 1.46 bits per heavy atom. The summed E-state index contributed by atoms with van der Waals surface area (Å²) in [7, 11) is 0. The first-order valence-electron chi connectivity index (χ1n) is 4.30. The van der Waals surface area contributed by atoms with Gasteiger partial charge in [-0.1, -0.05) is 12.1 Å². The second-order valence-corrected chi connectivity index (χ2v) is 3.10. The number of carbonyl (C=O) groups excluding carboxylic acids is 1. The zero-order chi connectivity index (χ0) is 9.26. The lowest BCUT2D eigenvalue weighted by atomic mass is 10.0. The molecule has 0 spiro atoms. The Bertz CT molecular complexity index is 335. The second kappa shape index (κ2) is 3.18. The number of ether oxygens (including phenoxy) is 1. The Kier molecular flexibility index (Phi) is 2.02. The molecule has 0 aromatic heterocycles. The van der Waals surface area contributed by atoms with Crippen molar-refractivity contribution >= 4 is 5.78 Å². The highest BCUT2D eigenvalue weighted by Crippen LogP contribution is 2.26. The van der Waals surface area contributed by atoms with Crippen LogP contribution in [0.15, 0.2) is 24.3 Å². The Hall–Kier alpha value is -1.35. The van der Waals surface area contributed by atoms with E-state index in [1.54, 1.807) is 12.1 Å². The summed E-state index contributed by atoms with van der Waals surface area (Å²) in [6.45, 7) is 0.389. The molecule has 1 aromatic rings. The first-order chi connectivity index (χ1) is 6.31. The third kappa shape index (κ3) is 1.42. The van der Waals surface area contributed by atoms with Crippen LogP contribution in [0.5, 0.6) is 5.75 Å². The van der Waals surface area contributed by atoms with Crippen LogP contribution < -0.4 is 10.5 Å². The van der Waals surface area contributed by atoms with Crippen LogP contribution in [0, 0.1) is 0 Å². The number of rotatable bonds is 1. The summed E-state index contributed by atoms with van der Waals surface area (Å²) in [5.41, 5.74) is 6.12. The lowest BCUT2D eigenvalue weighted by molar-refractivity contribution is 0.0860. The maximum atomic E-state index is 11.5. The van der Waals surface area contributed by atoms with Gasteiger partial charge in [0, 0.05) is 13.0 Å². The molecule has 0 saturated carbocycles. The molecule has 0 saturated heterocycles. The quantitative estimate of drug-likeness (QED) is 0.695. The number of hydrogen-bond acceptors (Lipinski definition) is 3. The molecule has 0 radical (unpaired) electrons. The molecule has 68 valence electrons. The molecule has 3 nitrogen and oxygen atoms in total. The van der Waals surface area contributed by atoms with E-state index in [9.17, 15) is 4.79 Å². The van der Waals surface area contributed by atoms with E-state index in [0.717, 1.165) is 0 Å². The largest absolute Gasteiger partial charge is 0.488 e. The number of Topliss-reactive ketones (excluding diaryl/α,β-unsaturated/α-hetero) is 1. The Balaban J connectivity index is 2.37. The van der Waals surface area contributed by atoms with E-state index in [-0.39, 0.29) is 11.9 Å². The van der Waals surface area contributed by atoms with Gasteiger partial charge in [-0.05, 0) is 12.1 Å². The molecule has 1 aliphatic heterocycles. The van der Waals surface area contributed by atoms with Crippen LogP contribution in [0.4, 0.5) is 0 Å². The maximum Gasteiger partial charge on any atom is 0.170 e. The number of nitrogens with two attached hydrogens (primary N) is 1. The Morgan fingerprint density at radius 3 is 3.00 bits per heavy atom. The smallest absolute Gasteiger partial charge is 0.170 e. The summed E-state index contributed by atoms with van der Waals surface area (Å²) in [6, 6.07) is 7.27. The molecule has 1 aromatic carbocycles. The van der Waals surface area contributed by atoms with Crippen LogP contribution in [-0.2, 0) is 0 Å². The highest BCUT2D eigenvalue weighted by atomic mass is 16.5. The average molecular weight is 177 g/mol. The number of benzene rings is 1. The maximum absolute atomic E-state index is 11.5. The predicted molar refractivity (Wildman–Crippen MR) is 48.9 cm³/mol. The molecule has 2 rings (SSSR count). The SMILES string of the molecule is NC[C@H]1CC(=O)c2ccccc2O1. The van der Waals surface area contributed by atoms with Crippen molar-refractivity contribution in [3.8, 4) is 5.75 Å². The molecule has 1 atom stereocenters. The van der Waals surface area contributed by atoms with E-state index in [1.807, 2.05) is 12.1 Å². The number of ketones is 1. The first-order valence-corrected chi connectivity index (χ1v) is 4.30. The highest BCUT2D eigenvalue weighted by molar-refractivity contribution is 5.99. The van der Waals surface area contributed by atoms with E-state index in [1.165, 1.54) is 0 Å². The van der Waals surface area contributed by atoms with Crippen molar-refractivity contribution < 1.29 is 9.53 Å². The molecule has 13 heavy (non-hydrogen) atoms. The minimum atomic E-state index is -0.151. The van der Waals surface area contributed by atoms with Crippen molar-refractivity contribution in [3.05, 3.63) is 29.8 Å². The van der Waals surface area contributed by atoms with E-state index in [4.69, 9.17) is 10.5 Å². The summed E-state index contributed by atoms with van der Waals surface area (Å²) in [4.78, 5) is 11.5. The minimum absolute atomic E-state index is 0.123. The molecule has 1 aliphatic rings. The van der Waals surface area contributed by atoms with Crippen LogP contribution in [0.25, 0.3) is 0 Å². The van der Waals surface area contributed by atoms with Crippen LogP contribution >= 0.6 is 0 Å². The van der Waals surface area contributed by atoms with Gasteiger partial charge in [-0.3, -0.25) is 4.79 Å². The van der Waals surface area contributed by atoms with Gasteiger partial charge in [-0.2, -0.15) is 0 Å². The van der Waals surface area contributed by atoms with Gasteiger partial charge in [-0.15, -0.1) is 0 Å². The van der Waals surface area contributed by atoms with Crippen LogP contribution in [-0.4, -0.2) is 18.4 Å². The second-order valence-electron chi connectivity index (χ2n) is 3.10. The summed E-state index contributed by atoms with van der Waals surface area (Å²) < 4.78 is 5.51. The molecule has 0 fully saturated rings. The predicted octanol–water partition coefficient (Wildman–Crippen LogP) is 0.979. The summed E-state index contributed by atoms with van der Waals surface area (Å²) >= 11 is 0. The van der Waals surface area contributed by atoms with Crippen molar-refractivity contribution in [3.63, 3.8) is 0 Å². The topological polar surface area (TPSA) is 52.3 Å². The van der Waals surface area contributed by atoms with Gasteiger partial charge in [0.15, 0.2) is 5.78 Å². The molecule has 2 N–H and O–H groups in total. The third-order valence-electron chi connectivity index (χ3n) is 2.16. The fourth-order valence-corrected chi connectivity index (χ4v) is 1.47. The molecule has 1 heterocycles. The zero-order valence-corrected chi connectivity index (χ0v) is 7.19. The molecule has 0 unspecified atom stereocenters. The zero-order valence-electron chi connectivity index (χ0n) is 7.19. The molecular formula is C10H11NO2. The number of carbonyl (C=O) groups is 1. The molecular weight excluding hydrogens is 166 g/mol. The van der Waals surface area contributed by atoms with Gasteiger partial charge in [0.25, 0.3) is 0 Å².